The van der Waals surface area contributed by atoms with Crippen molar-refractivity contribution in [2.75, 3.05) is 21.3 Å². The third-order valence-corrected chi connectivity index (χ3v) is 2.91. The van der Waals surface area contributed by atoms with Gasteiger partial charge in [0.1, 0.15) is 5.76 Å². The Morgan fingerprint density at radius 1 is 1.30 bits per heavy atom. The number of hydrogen-bond donors (Lipinski definition) is 0. The molecular formula is C6H14O3Si. The van der Waals surface area contributed by atoms with Gasteiger partial charge in [-0.1, -0.05) is 6.58 Å². The molecule has 4 heteroatoms. The van der Waals surface area contributed by atoms with Crippen molar-refractivity contribution >= 4 is 10.2 Å². The zero-order chi connectivity index (χ0) is 8.20. The Hall–Kier alpha value is -0.323. The van der Waals surface area contributed by atoms with E-state index in [9.17, 15) is 0 Å². The molecule has 0 aliphatic rings. The third-order valence-electron chi connectivity index (χ3n) is 1.53. The van der Waals surface area contributed by atoms with Crippen LogP contribution >= 0.6 is 0 Å². The van der Waals surface area contributed by atoms with Crippen molar-refractivity contribution in [1.82, 2.24) is 0 Å². The van der Waals surface area contributed by atoms with Crippen molar-refractivity contribution < 1.29 is 14.2 Å². The van der Waals surface area contributed by atoms with Crippen molar-refractivity contribution in [3.05, 3.63) is 12.3 Å². The Labute approximate surface area is 64.4 Å². The molecule has 0 heterocycles. The van der Waals surface area contributed by atoms with E-state index in [1.807, 2.05) is 0 Å². The van der Waals surface area contributed by atoms with Gasteiger partial charge in [-0.15, -0.1) is 0 Å². The average molecular weight is 162 g/mol. The second-order valence-corrected chi connectivity index (χ2v) is 3.30. The van der Waals surface area contributed by atoms with Crippen LogP contribution in [0.3, 0.4) is 0 Å². The van der Waals surface area contributed by atoms with Gasteiger partial charge in [0.15, 0.2) is 5.41 Å². The lowest BCUT2D eigenvalue weighted by molar-refractivity contribution is -0.138. The van der Waals surface area contributed by atoms with Crippen LogP contribution in [-0.4, -0.2) is 37.0 Å². The van der Waals surface area contributed by atoms with Crippen LogP contribution in [0.5, 0.6) is 0 Å². The van der Waals surface area contributed by atoms with Crippen LogP contribution in [0.15, 0.2) is 12.3 Å². The van der Waals surface area contributed by atoms with E-state index < -0.39 is 5.41 Å². The lowest BCUT2D eigenvalue weighted by Gasteiger charge is -2.27. The average Bonchev–Trinajstić information content (AvgIpc) is 2.01. The standard InChI is InChI=1S/C6H14O3Si/c1-5(7-2)6(10,8-3)9-4/h1H2,2-4,10H3. The van der Waals surface area contributed by atoms with E-state index >= 15 is 0 Å². The number of hydrogen-bond acceptors (Lipinski definition) is 3. The highest BCUT2D eigenvalue weighted by molar-refractivity contribution is 6.15. The smallest absolute Gasteiger partial charge is 0.195 e. The van der Waals surface area contributed by atoms with Gasteiger partial charge < -0.3 is 14.2 Å². The highest BCUT2D eigenvalue weighted by Crippen LogP contribution is 2.15. The molecule has 3 nitrogen and oxygen atoms in total. The molecule has 0 saturated carbocycles. The zero-order valence-corrected chi connectivity index (χ0v) is 8.93. The van der Waals surface area contributed by atoms with E-state index in [1.54, 1.807) is 21.3 Å². The van der Waals surface area contributed by atoms with Crippen molar-refractivity contribution in [3.8, 4) is 0 Å². The van der Waals surface area contributed by atoms with Crippen molar-refractivity contribution in [3.63, 3.8) is 0 Å². The van der Waals surface area contributed by atoms with Crippen molar-refractivity contribution in [2.24, 2.45) is 0 Å². The zero-order valence-electron chi connectivity index (χ0n) is 6.93. The van der Waals surface area contributed by atoms with Gasteiger partial charge in [0.25, 0.3) is 0 Å². The van der Waals surface area contributed by atoms with Crippen LogP contribution in [0.25, 0.3) is 0 Å². The molecule has 0 unspecified atom stereocenters. The normalized spacial score (nSPS) is 11.5. The van der Waals surface area contributed by atoms with Crippen molar-refractivity contribution in [2.45, 2.75) is 5.41 Å². The van der Waals surface area contributed by atoms with Gasteiger partial charge in [0.05, 0.1) is 17.4 Å². The van der Waals surface area contributed by atoms with Crippen LogP contribution in [0.4, 0.5) is 0 Å². The van der Waals surface area contributed by atoms with E-state index in [0.717, 1.165) is 0 Å². The summed E-state index contributed by atoms with van der Waals surface area (Å²) in [5, 5.41) is 0. The molecule has 0 spiro atoms. The minimum atomic E-state index is -0.686. The topological polar surface area (TPSA) is 27.7 Å². The van der Waals surface area contributed by atoms with Crippen molar-refractivity contribution in [1.29, 1.82) is 0 Å². The second kappa shape index (κ2) is 3.75. The number of ether oxygens (including phenoxy) is 3. The van der Waals surface area contributed by atoms with Gasteiger partial charge in [0, 0.05) is 14.2 Å². The summed E-state index contributed by atoms with van der Waals surface area (Å²) in [6, 6.07) is 0. The maximum absolute atomic E-state index is 5.05. The lowest BCUT2D eigenvalue weighted by atomic mass is 10.5. The largest absolute Gasteiger partial charge is 0.496 e. The van der Waals surface area contributed by atoms with E-state index in [2.05, 4.69) is 6.58 Å². The lowest BCUT2D eigenvalue weighted by Crippen LogP contribution is -2.36. The molecule has 0 saturated heterocycles. The van der Waals surface area contributed by atoms with Gasteiger partial charge in [0.2, 0.25) is 0 Å². The summed E-state index contributed by atoms with van der Waals surface area (Å²) >= 11 is 0. The molecule has 0 aromatic heterocycles. The first-order valence-corrected chi connectivity index (χ1v) is 3.94. The van der Waals surface area contributed by atoms with Crippen LogP contribution in [0, 0.1) is 0 Å². The van der Waals surface area contributed by atoms with Crippen LogP contribution in [-0.2, 0) is 14.2 Å². The second-order valence-electron chi connectivity index (χ2n) is 1.98. The Morgan fingerprint density at radius 2 is 1.70 bits per heavy atom. The highest BCUT2D eigenvalue weighted by Gasteiger charge is 2.27. The molecule has 0 atom stereocenters. The minimum absolute atomic E-state index is 0.518. The van der Waals surface area contributed by atoms with Gasteiger partial charge in [-0.05, 0) is 0 Å². The molecule has 0 aromatic carbocycles. The summed E-state index contributed by atoms with van der Waals surface area (Å²) in [7, 11) is 5.38. The van der Waals surface area contributed by atoms with Gasteiger partial charge in [-0.2, -0.15) is 0 Å². The van der Waals surface area contributed by atoms with E-state index in [-0.39, 0.29) is 0 Å². The predicted molar refractivity (Wildman–Crippen MR) is 42.8 cm³/mol. The summed E-state index contributed by atoms with van der Waals surface area (Å²) in [5.41, 5.74) is -0.686. The van der Waals surface area contributed by atoms with Gasteiger partial charge >= 0.3 is 0 Å². The quantitative estimate of drug-likeness (QED) is 0.316. The molecule has 0 N–H and O–H groups in total. The van der Waals surface area contributed by atoms with E-state index in [1.165, 1.54) is 0 Å². The summed E-state index contributed by atoms with van der Waals surface area (Å²) in [6.45, 7) is 3.65. The third kappa shape index (κ3) is 1.83. The SMILES string of the molecule is C=C(OC)C([SiH3])(OC)OC. The fourth-order valence-electron chi connectivity index (χ4n) is 0.496. The van der Waals surface area contributed by atoms with Gasteiger partial charge in [-0.3, -0.25) is 0 Å². The molecule has 0 aliphatic carbocycles. The Balaban J connectivity index is 4.17. The van der Waals surface area contributed by atoms with Crippen LogP contribution < -0.4 is 0 Å². The van der Waals surface area contributed by atoms with Gasteiger partial charge in [-0.25, -0.2) is 0 Å². The minimum Gasteiger partial charge on any atom is -0.496 e. The number of methoxy groups -OCH3 is 3. The summed E-state index contributed by atoms with van der Waals surface area (Å²) < 4.78 is 15.0. The summed E-state index contributed by atoms with van der Waals surface area (Å²) in [6.07, 6.45) is 0. The fourth-order valence-corrected chi connectivity index (χ4v) is 0.701. The van der Waals surface area contributed by atoms with E-state index in [4.69, 9.17) is 14.2 Å². The molecule has 10 heavy (non-hydrogen) atoms. The van der Waals surface area contributed by atoms with Crippen LogP contribution in [0.2, 0.25) is 0 Å². The maximum Gasteiger partial charge on any atom is 0.195 e. The molecule has 60 valence electrons. The Morgan fingerprint density at radius 3 is 1.80 bits per heavy atom. The van der Waals surface area contributed by atoms with Crippen LogP contribution in [0.1, 0.15) is 0 Å². The number of rotatable bonds is 4. The first-order valence-electron chi connectivity index (χ1n) is 2.94. The molecular weight excluding hydrogens is 148 g/mol. The first-order chi connectivity index (χ1) is 4.60. The first kappa shape index (κ1) is 9.68. The molecule has 0 aliphatic heterocycles. The molecule has 0 bridgehead atoms. The summed E-state index contributed by atoms with van der Waals surface area (Å²) in [5.74, 6) is 0.518. The highest BCUT2D eigenvalue weighted by atomic mass is 28.1. The fraction of sp³-hybridized carbons (Fsp3) is 0.667. The predicted octanol–water partition coefficient (Wildman–Crippen LogP) is -0.542. The monoisotopic (exact) mass is 162 g/mol. The molecule has 0 rings (SSSR count). The molecule has 0 radical (unpaired) electrons. The Bertz CT molecular complexity index is 120. The van der Waals surface area contributed by atoms with E-state index in [0.29, 0.717) is 16.0 Å². The molecule has 0 fully saturated rings. The molecule has 0 amide bonds. The maximum atomic E-state index is 5.05. The Kier molecular flexibility index (Phi) is 3.63. The summed E-state index contributed by atoms with van der Waals surface area (Å²) in [4.78, 5) is 0. The molecule has 0 aromatic rings.